The fourth-order valence-electron chi connectivity index (χ4n) is 4.85. The molecular weight excluding hydrogens is 480 g/mol. The van der Waals surface area contributed by atoms with Crippen molar-refractivity contribution in [2.45, 2.75) is 39.7 Å². The van der Waals surface area contributed by atoms with E-state index in [0.29, 0.717) is 46.8 Å². The Kier molecular flexibility index (Phi) is 8.52. The lowest BCUT2D eigenvalue weighted by molar-refractivity contribution is 0.204. The molecule has 0 saturated carbocycles. The van der Waals surface area contributed by atoms with Crippen LogP contribution in [0.2, 0.25) is 5.02 Å². The predicted octanol–water partition coefficient (Wildman–Crippen LogP) is 7.36. The first-order valence-corrected chi connectivity index (χ1v) is 13.2. The van der Waals surface area contributed by atoms with Gasteiger partial charge in [-0.2, -0.15) is 0 Å². The number of hydrogen-bond acceptors (Lipinski definition) is 4. The molecule has 1 atom stereocenters. The second kappa shape index (κ2) is 11.8. The van der Waals surface area contributed by atoms with Crippen molar-refractivity contribution < 1.29 is 4.42 Å². The van der Waals surface area contributed by atoms with Gasteiger partial charge in [0.05, 0.1) is 11.4 Å². The average Bonchev–Trinajstić information content (AvgIpc) is 2.88. The van der Waals surface area contributed by atoms with Crippen molar-refractivity contribution in [3.63, 3.8) is 0 Å². The molecule has 0 aliphatic carbocycles. The second-order valence-electron chi connectivity index (χ2n) is 9.91. The number of rotatable bonds is 10. The molecule has 0 spiro atoms. The van der Waals surface area contributed by atoms with Crippen LogP contribution < -0.4 is 11.2 Å². The lowest BCUT2D eigenvalue weighted by Crippen LogP contribution is -2.34. The van der Waals surface area contributed by atoms with Gasteiger partial charge in [0.25, 0.3) is 0 Å². The summed E-state index contributed by atoms with van der Waals surface area (Å²) in [5, 5.41) is 1.06. The molecule has 0 fully saturated rings. The second-order valence-corrected chi connectivity index (χ2v) is 10.4. The largest absolute Gasteiger partial charge is 0.458 e. The van der Waals surface area contributed by atoms with Crippen LogP contribution in [0.15, 0.2) is 88.6 Å². The molecule has 4 aromatic rings. The minimum absolute atomic E-state index is 0.0258. The summed E-state index contributed by atoms with van der Waals surface area (Å²) in [7, 11) is 0. The summed E-state index contributed by atoms with van der Waals surface area (Å²) in [6.45, 7) is 12.1. The molecule has 1 aromatic heterocycles. The lowest BCUT2D eigenvalue weighted by Gasteiger charge is -2.38. The van der Waals surface area contributed by atoms with E-state index in [2.05, 4.69) is 56.5 Å². The van der Waals surface area contributed by atoms with Crippen LogP contribution in [0.25, 0.3) is 16.7 Å². The highest BCUT2D eigenvalue weighted by molar-refractivity contribution is 6.31. The first-order valence-electron chi connectivity index (χ1n) is 12.8. The number of fused-ring (bicyclic) bond motifs is 1. The van der Waals surface area contributed by atoms with Gasteiger partial charge < -0.3 is 15.1 Å². The van der Waals surface area contributed by atoms with Crippen molar-refractivity contribution in [2.75, 3.05) is 13.1 Å². The van der Waals surface area contributed by atoms with Crippen molar-refractivity contribution >= 4 is 28.3 Å². The number of halogens is 1. The minimum atomic E-state index is -0.227. The van der Waals surface area contributed by atoms with Crippen LogP contribution in [-0.4, -0.2) is 18.0 Å². The Balaban J connectivity index is 1.93. The van der Waals surface area contributed by atoms with E-state index in [1.54, 1.807) is 18.2 Å². The summed E-state index contributed by atoms with van der Waals surface area (Å²) in [5.41, 5.74) is 11.2. The van der Waals surface area contributed by atoms with Crippen LogP contribution >= 0.6 is 11.6 Å². The highest BCUT2D eigenvalue weighted by Crippen LogP contribution is 2.38. The molecule has 0 saturated heterocycles. The van der Waals surface area contributed by atoms with Crippen LogP contribution in [0, 0.1) is 12.8 Å². The number of nitrogens with two attached hydrogens (primary N) is 1. The zero-order valence-electron chi connectivity index (χ0n) is 21.8. The third-order valence-corrected chi connectivity index (χ3v) is 7.01. The SMILES string of the molecule is C=C(c1ccc(C)cc1)N(CCCN)[C@@H](c1oc2cc(Cl)ccc2c(=O)c1Cc1ccccc1)C(C)C. The monoisotopic (exact) mass is 514 g/mol. The van der Waals surface area contributed by atoms with Crippen LogP contribution in [0.4, 0.5) is 0 Å². The number of hydrogen-bond donors (Lipinski definition) is 1. The van der Waals surface area contributed by atoms with Gasteiger partial charge in [-0.1, -0.05) is 92.2 Å². The van der Waals surface area contributed by atoms with Gasteiger partial charge >= 0.3 is 0 Å². The molecule has 0 unspecified atom stereocenters. The van der Waals surface area contributed by atoms with Gasteiger partial charge in [-0.05, 0) is 49.1 Å². The van der Waals surface area contributed by atoms with E-state index in [9.17, 15) is 4.79 Å². The normalized spacial score (nSPS) is 12.2. The van der Waals surface area contributed by atoms with E-state index in [0.717, 1.165) is 23.2 Å². The van der Waals surface area contributed by atoms with E-state index < -0.39 is 0 Å². The standard InChI is InChI=1S/C32H35ClN2O2/c1-21(2)30(35(18-8-17-34)23(4)25-13-11-22(3)12-14-25)32-28(19-24-9-6-5-7-10-24)31(36)27-16-15-26(33)20-29(27)37-32/h5-7,9-16,20-21,30H,4,8,17-19,34H2,1-3H3/t30-/m1/s1. The van der Waals surface area contributed by atoms with Crippen molar-refractivity contribution in [3.8, 4) is 0 Å². The summed E-state index contributed by atoms with van der Waals surface area (Å²) < 4.78 is 6.62. The summed E-state index contributed by atoms with van der Waals surface area (Å²) in [4.78, 5) is 16.2. The molecule has 4 rings (SSSR count). The van der Waals surface area contributed by atoms with E-state index in [4.69, 9.17) is 21.8 Å². The van der Waals surface area contributed by atoms with E-state index >= 15 is 0 Å². The molecule has 0 aliphatic heterocycles. The quantitative estimate of drug-likeness (QED) is 0.240. The molecular formula is C32H35ClN2O2. The molecule has 3 aromatic carbocycles. The van der Waals surface area contributed by atoms with Crippen LogP contribution in [0.3, 0.4) is 0 Å². The summed E-state index contributed by atoms with van der Waals surface area (Å²) in [6, 6.07) is 23.4. The highest BCUT2D eigenvalue weighted by Gasteiger charge is 2.31. The van der Waals surface area contributed by atoms with Crippen LogP contribution in [-0.2, 0) is 6.42 Å². The molecule has 37 heavy (non-hydrogen) atoms. The van der Waals surface area contributed by atoms with E-state index in [1.165, 1.54) is 5.56 Å². The fourth-order valence-corrected chi connectivity index (χ4v) is 5.01. The molecule has 192 valence electrons. The molecule has 4 nitrogen and oxygen atoms in total. The van der Waals surface area contributed by atoms with Gasteiger partial charge in [0, 0.05) is 35.3 Å². The molecule has 1 heterocycles. The Hall–Kier alpha value is -3.34. The molecule has 0 aliphatic rings. The molecule has 2 N–H and O–H groups in total. The number of nitrogens with zero attached hydrogens (tertiary/aromatic N) is 1. The van der Waals surface area contributed by atoms with Crippen molar-refractivity contribution in [3.05, 3.63) is 123 Å². The van der Waals surface area contributed by atoms with Crippen LogP contribution in [0.1, 0.15) is 54.3 Å². The zero-order valence-corrected chi connectivity index (χ0v) is 22.6. The Morgan fingerprint density at radius 2 is 1.76 bits per heavy atom. The predicted molar refractivity (Wildman–Crippen MR) is 155 cm³/mol. The first kappa shape index (κ1) is 26.7. The van der Waals surface area contributed by atoms with E-state index in [1.807, 2.05) is 30.3 Å². The average molecular weight is 515 g/mol. The van der Waals surface area contributed by atoms with Gasteiger partial charge in [0.15, 0.2) is 5.43 Å². The third-order valence-electron chi connectivity index (χ3n) is 6.77. The Labute approximate surface area is 224 Å². The van der Waals surface area contributed by atoms with Crippen molar-refractivity contribution in [1.29, 1.82) is 0 Å². The maximum absolute atomic E-state index is 13.9. The van der Waals surface area contributed by atoms with Gasteiger partial charge in [-0.3, -0.25) is 4.79 Å². The fraction of sp³-hybridized carbons (Fsp3) is 0.281. The molecule has 5 heteroatoms. The van der Waals surface area contributed by atoms with E-state index in [-0.39, 0.29) is 17.4 Å². The maximum atomic E-state index is 13.9. The van der Waals surface area contributed by atoms with Crippen molar-refractivity contribution in [2.24, 2.45) is 11.7 Å². The summed E-state index contributed by atoms with van der Waals surface area (Å²) in [5.74, 6) is 0.776. The topological polar surface area (TPSA) is 59.5 Å². The first-order chi connectivity index (χ1) is 17.8. The Morgan fingerprint density at radius 3 is 2.41 bits per heavy atom. The van der Waals surface area contributed by atoms with Gasteiger partial charge in [0.1, 0.15) is 11.3 Å². The third kappa shape index (κ3) is 5.98. The van der Waals surface area contributed by atoms with Crippen molar-refractivity contribution in [1.82, 2.24) is 4.90 Å². The molecule has 0 bridgehead atoms. The van der Waals surface area contributed by atoms with Crippen LogP contribution in [0.5, 0.6) is 0 Å². The van der Waals surface area contributed by atoms with Gasteiger partial charge in [0.2, 0.25) is 0 Å². The maximum Gasteiger partial charge on any atom is 0.196 e. The Bertz CT molecular complexity index is 1430. The smallest absolute Gasteiger partial charge is 0.196 e. The number of aryl methyl sites for hydroxylation is 1. The lowest BCUT2D eigenvalue weighted by atomic mass is 9.91. The molecule has 0 radical (unpaired) electrons. The molecule has 0 amide bonds. The summed E-state index contributed by atoms with van der Waals surface area (Å²) in [6.07, 6.45) is 1.26. The highest BCUT2D eigenvalue weighted by atomic mass is 35.5. The van der Waals surface area contributed by atoms with Gasteiger partial charge in [-0.15, -0.1) is 0 Å². The zero-order chi connectivity index (χ0) is 26.5. The number of benzene rings is 3. The minimum Gasteiger partial charge on any atom is -0.458 e. The Morgan fingerprint density at radius 1 is 1.05 bits per heavy atom. The summed E-state index contributed by atoms with van der Waals surface area (Å²) >= 11 is 6.31. The van der Waals surface area contributed by atoms with Gasteiger partial charge in [-0.25, -0.2) is 0 Å².